The molecule has 0 spiro atoms. The van der Waals surface area contributed by atoms with E-state index in [1.165, 1.54) is 36.4 Å². The molecule has 0 saturated carbocycles. The number of aromatic hydroxyl groups is 1. The standard InChI is InChI=1S/C21H19N3O4S2/c1-14-2-6-16(7-3-14)22-21(29)23-17-8-12-19(13-9-17)30(27,28)24-20(26)15-4-10-18(25)11-5-15/h2-13,25H,1H3,(H,24,26)(H2,22,23,29). The average Bonchev–Trinajstić information content (AvgIpc) is 2.70. The summed E-state index contributed by atoms with van der Waals surface area (Å²) < 4.78 is 26.9. The van der Waals surface area contributed by atoms with Gasteiger partial charge in [-0.3, -0.25) is 4.79 Å². The third-order valence-electron chi connectivity index (χ3n) is 4.09. The second-order valence-electron chi connectivity index (χ2n) is 6.45. The fraction of sp³-hybridized carbons (Fsp3) is 0.0476. The molecule has 7 nitrogen and oxygen atoms in total. The van der Waals surface area contributed by atoms with E-state index in [0.29, 0.717) is 10.8 Å². The van der Waals surface area contributed by atoms with Crippen molar-refractivity contribution in [2.75, 3.05) is 10.6 Å². The van der Waals surface area contributed by atoms with Crippen LogP contribution in [-0.4, -0.2) is 24.5 Å². The molecule has 0 bridgehead atoms. The molecule has 30 heavy (non-hydrogen) atoms. The van der Waals surface area contributed by atoms with E-state index in [9.17, 15) is 18.3 Å². The van der Waals surface area contributed by atoms with Gasteiger partial charge in [-0.15, -0.1) is 0 Å². The number of amides is 1. The van der Waals surface area contributed by atoms with Crippen LogP contribution >= 0.6 is 12.2 Å². The van der Waals surface area contributed by atoms with E-state index in [4.69, 9.17) is 12.2 Å². The maximum Gasteiger partial charge on any atom is 0.265 e. The summed E-state index contributed by atoms with van der Waals surface area (Å²) in [6.45, 7) is 1.99. The quantitative estimate of drug-likeness (QED) is 0.448. The lowest BCUT2D eigenvalue weighted by Crippen LogP contribution is -2.30. The predicted octanol–water partition coefficient (Wildman–Crippen LogP) is 3.63. The number of aryl methyl sites for hydroxylation is 1. The van der Waals surface area contributed by atoms with Crippen LogP contribution in [0.4, 0.5) is 11.4 Å². The molecule has 0 radical (unpaired) electrons. The molecule has 0 aliphatic rings. The molecular weight excluding hydrogens is 422 g/mol. The van der Waals surface area contributed by atoms with Crippen LogP contribution in [0.25, 0.3) is 0 Å². The van der Waals surface area contributed by atoms with Crippen molar-refractivity contribution < 1.29 is 18.3 Å². The molecule has 0 heterocycles. The number of hydrogen-bond donors (Lipinski definition) is 4. The van der Waals surface area contributed by atoms with Crippen molar-refractivity contribution >= 4 is 44.6 Å². The first-order valence-corrected chi connectivity index (χ1v) is 10.7. The van der Waals surface area contributed by atoms with Crippen LogP contribution in [0.1, 0.15) is 15.9 Å². The van der Waals surface area contributed by atoms with Gasteiger partial charge in [0, 0.05) is 16.9 Å². The number of sulfonamides is 1. The Bertz CT molecular complexity index is 1160. The lowest BCUT2D eigenvalue weighted by Gasteiger charge is -2.12. The first-order chi connectivity index (χ1) is 14.2. The Hall–Kier alpha value is -3.43. The fourth-order valence-electron chi connectivity index (χ4n) is 2.50. The number of hydrogen-bond acceptors (Lipinski definition) is 5. The fourth-order valence-corrected chi connectivity index (χ4v) is 3.71. The van der Waals surface area contributed by atoms with E-state index in [1.807, 2.05) is 35.9 Å². The highest BCUT2D eigenvalue weighted by molar-refractivity contribution is 7.90. The van der Waals surface area contributed by atoms with Crippen molar-refractivity contribution in [2.24, 2.45) is 0 Å². The number of carbonyl (C=O) groups excluding carboxylic acids is 1. The molecule has 3 rings (SSSR count). The molecule has 0 unspecified atom stereocenters. The van der Waals surface area contributed by atoms with Gasteiger partial charge in [0.05, 0.1) is 4.90 Å². The summed E-state index contributed by atoms with van der Waals surface area (Å²) in [5.41, 5.74) is 2.66. The van der Waals surface area contributed by atoms with Gasteiger partial charge in [-0.1, -0.05) is 17.7 Å². The molecule has 3 aromatic rings. The zero-order valence-electron chi connectivity index (χ0n) is 15.9. The van der Waals surface area contributed by atoms with Crippen LogP contribution in [0.5, 0.6) is 5.75 Å². The number of thiocarbonyl (C=S) groups is 1. The number of anilines is 2. The second kappa shape index (κ2) is 8.93. The van der Waals surface area contributed by atoms with Crippen LogP contribution in [0.3, 0.4) is 0 Å². The largest absolute Gasteiger partial charge is 0.508 e. The van der Waals surface area contributed by atoms with Gasteiger partial charge in [0.15, 0.2) is 5.11 Å². The summed E-state index contributed by atoms with van der Waals surface area (Å²) in [7, 11) is -4.05. The summed E-state index contributed by atoms with van der Waals surface area (Å²) in [6, 6.07) is 18.8. The summed E-state index contributed by atoms with van der Waals surface area (Å²) in [6.07, 6.45) is 0. The van der Waals surface area contributed by atoms with Crippen LogP contribution in [0.15, 0.2) is 77.7 Å². The van der Waals surface area contributed by atoms with Gasteiger partial charge >= 0.3 is 0 Å². The molecule has 0 atom stereocenters. The Morgan fingerprint density at radius 3 is 1.87 bits per heavy atom. The van der Waals surface area contributed by atoms with Gasteiger partial charge < -0.3 is 15.7 Å². The van der Waals surface area contributed by atoms with Crippen molar-refractivity contribution in [3.63, 3.8) is 0 Å². The Balaban J connectivity index is 1.63. The number of phenolic OH excluding ortho intramolecular Hbond substituents is 1. The maximum atomic E-state index is 12.4. The first-order valence-electron chi connectivity index (χ1n) is 8.84. The van der Waals surface area contributed by atoms with E-state index in [1.54, 1.807) is 12.1 Å². The number of phenols is 1. The van der Waals surface area contributed by atoms with Crippen LogP contribution < -0.4 is 15.4 Å². The van der Waals surface area contributed by atoms with Crippen molar-refractivity contribution in [1.82, 2.24) is 4.72 Å². The summed E-state index contributed by atoms with van der Waals surface area (Å²) in [5, 5.41) is 15.6. The number of nitrogens with one attached hydrogen (secondary N) is 3. The third kappa shape index (κ3) is 5.56. The average molecular weight is 442 g/mol. The lowest BCUT2D eigenvalue weighted by molar-refractivity contribution is 0.0981. The normalized spacial score (nSPS) is 10.8. The third-order valence-corrected chi connectivity index (χ3v) is 5.64. The predicted molar refractivity (Wildman–Crippen MR) is 120 cm³/mol. The van der Waals surface area contributed by atoms with Gasteiger partial charge in [-0.05, 0) is 79.8 Å². The van der Waals surface area contributed by atoms with Gasteiger partial charge in [0.25, 0.3) is 15.9 Å². The van der Waals surface area contributed by atoms with Gasteiger partial charge in [0.2, 0.25) is 0 Å². The lowest BCUT2D eigenvalue weighted by atomic mass is 10.2. The van der Waals surface area contributed by atoms with Crippen LogP contribution in [0.2, 0.25) is 0 Å². The monoisotopic (exact) mass is 441 g/mol. The minimum Gasteiger partial charge on any atom is -0.508 e. The van der Waals surface area contributed by atoms with Crippen LogP contribution in [-0.2, 0) is 10.0 Å². The SMILES string of the molecule is Cc1ccc(NC(=S)Nc2ccc(S(=O)(=O)NC(=O)c3ccc(O)cc3)cc2)cc1. The molecular formula is C21H19N3O4S2. The van der Waals surface area contributed by atoms with E-state index in [-0.39, 0.29) is 16.2 Å². The zero-order chi connectivity index (χ0) is 21.7. The molecule has 0 aliphatic heterocycles. The highest BCUT2D eigenvalue weighted by Gasteiger charge is 2.18. The number of rotatable bonds is 5. The Kier molecular flexibility index (Phi) is 6.34. The van der Waals surface area contributed by atoms with Crippen molar-refractivity contribution in [3.05, 3.63) is 83.9 Å². The number of benzene rings is 3. The molecule has 0 aromatic heterocycles. The first kappa shape index (κ1) is 21.3. The van der Waals surface area contributed by atoms with Crippen molar-refractivity contribution in [1.29, 1.82) is 0 Å². The van der Waals surface area contributed by atoms with E-state index < -0.39 is 15.9 Å². The molecule has 3 aromatic carbocycles. The summed E-state index contributed by atoms with van der Waals surface area (Å²) in [5.74, 6) is -0.812. The molecule has 154 valence electrons. The smallest absolute Gasteiger partial charge is 0.265 e. The second-order valence-corrected chi connectivity index (χ2v) is 8.54. The Labute approximate surface area is 179 Å². The summed E-state index contributed by atoms with van der Waals surface area (Å²) >= 11 is 5.26. The molecule has 0 fully saturated rings. The summed E-state index contributed by atoms with van der Waals surface area (Å²) in [4.78, 5) is 12.1. The molecule has 1 amide bonds. The van der Waals surface area contributed by atoms with Crippen molar-refractivity contribution in [2.45, 2.75) is 11.8 Å². The Morgan fingerprint density at radius 2 is 1.33 bits per heavy atom. The minimum atomic E-state index is -4.05. The number of carbonyl (C=O) groups is 1. The highest BCUT2D eigenvalue weighted by Crippen LogP contribution is 2.16. The van der Waals surface area contributed by atoms with E-state index in [2.05, 4.69) is 10.6 Å². The molecule has 9 heteroatoms. The van der Waals surface area contributed by atoms with E-state index >= 15 is 0 Å². The van der Waals surface area contributed by atoms with Crippen molar-refractivity contribution in [3.8, 4) is 5.75 Å². The topological polar surface area (TPSA) is 108 Å². The minimum absolute atomic E-state index is 0.0210. The Morgan fingerprint density at radius 1 is 0.833 bits per heavy atom. The van der Waals surface area contributed by atoms with Gasteiger partial charge in [-0.2, -0.15) is 0 Å². The molecule has 4 N–H and O–H groups in total. The zero-order valence-corrected chi connectivity index (χ0v) is 17.5. The molecule has 0 saturated heterocycles. The molecule has 0 aliphatic carbocycles. The van der Waals surface area contributed by atoms with Crippen LogP contribution in [0, 0.1) is 6.92 Å². The van der Waals surface area contributed by atoms with Gasteiger partial charge in [-0.25, -0.2) is 13.1 Å². The van der Waals surface area contributed by atoms with E-state index in [0.717, 1.165) is 11.3 Å². The maximum absolute atomic E-state index is 12.4. The van der Waals surface area contributed by atoms with Gasteiger partial charge in [0.1, 0.15) is 5.75 Å². The highest BCUT2D eigenvalue weighted by atomic mass is 32.2.